The van der Waals surface area contributed by atoms with E-state index in [0.717, 1.165) is 5.69 Å². The summed E-state index contributed by atoms with van der Waals surface area (Å²) in [5, 5.41) is 16.1. The molecule has 5 nitrogen and oxygen atoms in total. The van der Waals surface area contributed by atoms with Crippen LogP contribution in [0.3, 0.4) is 0 Å². The Balaban J connectivity index is 2.75. The van der Waals surface area contributed by atoms with E-state index in [1.807, 2.05) is 27.7 Å². The molecule has 0 aliphatic carbocycles. The van der Waals surface area contributed by atoms with Gasteiger partial charge < -0.3 is 5.32 Å². The van der Waals surface area contributed by atoms with Gasteiger partial charge >= 0.3 is 0 Å². The van der Waals surface area contributed by atoms with Gasteiger partial charge in [-0.15, -0.1) is 0 Å². The highest BCUT2D eigenvalue weighted by molar-refractivity contribution is 5.39. The molecule has 1 rings (SSSR count). The van der Waals surface area contributed by atoms with Gasteiger partial charge in [-0.3, -0.25) is 4.79 Å². The van der Waals surface area contributed by atoms with E-state index in [1.165, 1.54) is 10.7 Å². The Morgan fingerprint density at radius 2 is 2.22 bits per heavy atom. The molecule has 0 radical (unpaired) electrons. The SMILES string of the molecule is CC(C)Nc1cnn(CCC(C)(C)C#N)c(=O)c1. The minimum atomic E-state index is -0.435. The Bertz CT molecular complexity index is 496. The molecule has 18 heavy (non-hydrogen) atoms. The van der Waals surface area contributed by atoms with E-state index in [1.54, 1.807) is 6.20 Å². The summed E-state index contributed by atoms with van der Waals surface area (Å²) < 4.78 is 1.39. The van der Waals surface area contributed by atoms with Crippen molar-refractivity contribution in [3.63, 3.8) is 0 Å². The maximum atomic E-state index is 11.8. The largest absolute Gasteiger partial charge is 0.381 e. The van der Waals surface area contributed by atoms with Crippen molar-refractivity contribution in [1.29, 1.82) is 5.26 Å². The summed E-state index contributed by atoms with van der Waals surface area (Å²) in [6, 6.07) is 4.01. The average molecular weight is 248 g/mol. The summed E-state index contributed by atoms with van der Waals surface area (Å²) in [6.07, 6.45) is 2.24. The molecular weight excluding hydrogens is 228 g/mol. The van der Waals surface area contributed by atoms with Crippen LogP contribution >= 0.6 is 0 Å². The van der Waals surface area contributed by atoms with Crippen molar-refractivity contribution in [1.82, 2.24) is 9.78 Å². The molecule has 0 atom stereocenters. The molecule has 1 aromatic heterocycles. The zero-order valence-electron chi connectivity index (χ0n) is 11.4. The van der Waals surface area contributed by atoms with E-state index in [9.17, 15) is 4.79 Å². The van der Waals surface area contributed by atoms with Gasteiger partial charge in [-0.2, -0.15) is 10.4 Å². The van der Waals surface area contributed by atoms with Gasteiger partial charge in [0.1, 0.15) is 0 Å². The lowest BCUT2D eigenvalue weighted by atomic mass is 9.92. The van der Waals surface area contributed by atoms with Crippen molar-refractivity contribution in [2.45, 2.75) is 46.7 Å². The molecule has 0 amide bonds. The molecule has 0 saturated carbocycles. The van der Waals surface area contributed by atoms with E-state index < -0.39 is 5.41 Å². The van der Waals surface area contributed by atoms with Gasteiger partial charge in [-0.25, -0.2) is 4.68 Å². The molecule has 98 valence electrons. The Morgan fingerprint density at radius 3 is 2.72 bits per heavy atom. The molecular formula is C13H20N4O. The van der Waals surface area contributed by atoms with Crippen molar-refractivity contribution in [2.24, 2.45) is 5.41 Å². The van der Waals surface area contributed by atoms with Gasteiger partial charge in [-0.05, 0) is 34.1 Å². The third-order valence-corrected chi connectivity index (χ3v) is 2.58. The predicted octanol–water partition coefficient (Wildman–Crippen LogP) is 2.00. The number of hydrogen-bond donors (Lipinski definition) is 1. The quantitative estimate of drug-likeness (QED) is 0.865. The van der Waals surface area contributed by atoms with Crippen molar-refractivity contribution in [3.8, 4) is 6.07 Å². The molecule has 0 spiro atoms. The summed E-state index contributed by atoms with van der Waals surface area (Å²) in [4.78, 5) is 11.8. The van der Waals surface area contributed by atoms with Gasteiger partial charge in [0, 0.05) is 18.7 Å². The van der Waals surface area contributed by atoms with Crippen LogP contribution in [0.2, 0.25) is 0 Å². The lowest BCUT2D eigenvalue weighted by Crippen LogP contribution is -2.25. The lowest BCUT2D eigenvalue weighted by Gasteiger charge is -2.15. The summed E-state index contributed by atoms with van der Waals surface area (Å²) in [6.45, 7) is 8.17. The van der Waals surface area contributed by atoms with E-state index in [4.69, 9.17) is 5.26 Å². The number of aromatic nitrogens is 2. The van der Waals surface area contributed by atoms with Crippen LogP contribution in [0.1, 0.15) is 34.1 Å². The maximum Gasteiger partial charge on any atom is 0.268 e. The highest BCUT2D eigenvalue weighted by Crippen LogP contribution is 2.18. The molecule has 1 N–H and O–H groups in total. The normalized spacial score (nSPS) is 11.3. The monoisotopic (exact) mass is 248 g/mol. The van der Waals surface area contributed by atoms with Crippen LogP contribution in [0.25, 0.3) is 0 Å². The maximum absolute atomic E-state index is 11.8. The van der Waals surface area contributed by atoms with Crippen LogP contribution in [0.5, 0.6) is 0 Å². The fourth-order valence-corrected chi connectivity index (χ4v) is 1.46. The molecule has 0 unspecified atom stereocenters. The molecule has 0 saturated heterocycles. The summed E-state index contributed by atoms with van der Waals surface area (Å²) in [7, 11) is 0. The van der Waals surface area contributed by atoms with Crippen LogP contribution in [0, 0.1) is 16.7 Å². The first-order valence-corrected chi connectivity index (χ1v) is 6.09. The third-order valence-electron chi connectivity index (χ3n) is 2.58. The number of rotatable bonds is 5. The molecule has 0 fully saturated rings. The van der Waals surface area contributed by atoms with E-state index in [0.29, 0.717) is 13.0 Å². The predicted molar refractivity (Wildman–Crippen MR) is 71.3 cm³/mol. The smallest absolute Gasteiger partial charge is 0.268 e. The minimum Gasteiger partial charge on any atom is -0.381 e. The third kappa shape index (κ3) is 4.21. The van der Waals surface area contributed by atoms with Crippen molar-refractivity contribution < 1.29 is 0 Å². The number of aryl methyl sites for hydroxylation is 1. The van der Waals surface area contributed by atoms with Crippen LogP contribution in [0.4, 0.5) is 5.69 Å². The van der Waals surface area contributed by atoms with Crippen LogP contribution in [-0.2, 0) is 6.54 Å². The topological polar surface area (TPSA) is 70.7 Å². The van der Waals surface area contributed by atoms with Gasteiger partial charge in [0.25, 0.3) is 5.56 Å². The fraction of sp³-hybridized carbons (Fsp3) is 0.615. The second kappa shape index (κ2) is 5.67. The highest BCUT2D eigenvalue weighted by Gasteiger charge is 2.16. The molecule has 0 aliphatic heterocycles. The summed E-state index contributed by atoms with van der Waals surface area (Å²) in [5.41, 5.74) is 0.149. The molecule has 0 bridgehead atoms. The first kappa shape index (κ1) is 14.2. The van der Waals surface area contributed by atoms with Crippen molar-refractivity contribution in [3.05, 3.63) is 22.6 Å². The van der Waals surface area contributed by atoms with E-state index >= 15 is 0 Å². The Kier molecular flexibility index (Phi) is 4.49. The molecule has 5 heteroatoms. The van der Waals surface area contributed by atoms with E-state index in [-0.39, 0.29) is 11.6 Å². The molecule has 0 aliphatic rings. The molecule has 1 aromatic rings. The Morgan fingerprint density at radius 1 is 1.56 bits per heavy atom. The number of nitrogens with zero attached hydrogens (tertiary/aromatic N) is 3. The second-order valence-corrected chi connectivity index (χ2v) is 5.35. The van der Waals surface area contributed by atoms with Gasteiger partial charge in [0.05, 0.1) is 23.4 Å². The summed E-state index contributed by atoms with van der Waals surface area (Å²) in [5.74, 6) is 0. The molecule has 1 heterocycles. The fourth-order valence-electron chi connectivity index (χ4n) is 1.46. The summed E-state index contributed by atoms with van der Waals surface area (Å²) >= 11 is 0. The Hall–Kier alpha value is -1.83. The highest BCUT2D eigenvalue weighted by atomic mass is 16.1. The van der Waals surface area contributed by atoms with Gasteiger partial charge in [0.15, 0.2) is 0 Å². The van der Waals surface area contributed by atoms with Crippen molar-refractivity contribution >= 4 is 5.69 Å². The standard InChI is InChI=1S/C13H20N4O/c1-10(2)16-11-7-12(18)17(15-8-11)6-5-13(3,4)9-14/h7-8,10,16H,5-6H2,1-4H3. The lowest BCUT2D eigenvalue weighted by molar-refractivity contribution is 0.391. The van der Waals surface area contributed by atoms with Crippen LogP contribution in [-0.4, -0.2) is 15.8 Å². The Labute approximate surface area is 107 Å². The van der Waals surface area contributed by atoms with Crippen LogP contribution in [0.15, 0.2) is 17.1 Å². The zero-order valence-corrected chi connectivity index (χ0v) is 11.4. The number of nitrogens with one attached hydrogen (secondary N) is 1. The number of anilines is 1. The minimum absolute atomic E-state index is 0.144. The zero-order chi connectivity index (χ0) is 13.8. The first-order valence-electron chi connectivity index (χ1n) is 6.09. The van der Waals surface area contributed by atoms with E-state index in [2.05, 4.69) is 16.5 Å². The first-order chi connectivity index (χ1) is 8.34. The average Bonchev–Trinajstić information content (AvgIpc) is 2.27. The second-order valence-electron chi connectivity index (χ2n) is 5.35. The molecule has 0 aromatic carbocycles. The van der Waals surface area contributed by atoms with Gasteiger partial charge in [-0.1, -0.05) is 0 Å². The van der Waals surface area contributed by atoms with Gasteiger partial charge in [0.2, 0.25) is 0 Å². The van der Waals surface area contributed by atoms with Crippen LogP contribution < -0.4 is 10.9 Å². The van der Waals surface area contributed by atoms with Crippen molar-refractivity contribution in [2.75, 3.05) is 5.32 Å². The number of hydrogen-bond acceptors (Lipinski definition) is 4. The number of nitriles is 1.